The average molecular weight is 253 g/mol. The molecule has 92 valence electrons. The highest BCUT2D eigenvalue weighted by molar-refractivity contribution is 6.17. The number of aromatic nitrogens is 2. The summed E-state index contributed by atoms with van der Waals surface area (Å²) in [6.07, 6.45) is 0.954. The van der Waals surface area contributed by atoms with Gasteiger partial charge in [0.05, 0.1) is 31.0 Å². The number of aryl methyl sites for hydroxylation is 1. The number of fused-ring (bicyclic) bond motifs is 1. The third-order valence-electron chi connectivity index (χ3n) is 2.74. The summed E-state index contributed by atoms with van der Waals surface area (Å²) in [5.41, 5.74) is 2.33. The monoisotopic (exact) mass is 252 g/mol. The van der Waals surface area contributed by atoms with Gasteiger partial charge in [-0.2, -0.15) is 5.10 Å². The molecule has 2 rings (SSSR count). The van der Waals surface area contributed by atoms with Crippen LogP contribution in [0.5, 0.6) is 0 Å². The van der Waals surface area contributed by atoms with Crippen molar-refractivity contribution in [1.29, 1.82) is 0 Å². The zero-order valence-electron chi connectivity index (χ0n) is 10.0. The van der Waals surface area contributed by atoms with E-state index < -0.39 is 0 Å². The molecule has 0 radical (unpaired) electrons. The quantitative estimate of drug-likeness (QED) is 0.584. The molecule has 0 fully saturated rings. The maximum Gasteiger partial charge on any atom is 0.0700 e. The number of nitrogens with zero attached hydrogens (tertiary/aromatic N) is 2. The van der Waals surface area contributed by atoms with Crippen LogP contribution in [0.1, 0.15) is 12.6 Å². The van der Waals surface area contributed by atoms with Crippen LogP contribution in [0.15, 0.2) is 24.3 Å². The van der Waals surface area contributed by atoms with E-state index in [-0.39, 0.29) is 0 Å². The second-order valence-electron chi connectivity index (χ2n) is 3.84. The van der Waals surface area contributed by atoms with Gasteiger partial charge in [0, 0.05) is 11.3 Å². The summed E-state index contributed by atoms with van der Waals surface area (Å²) in [7, 11) is 0. The fourth-order valence-electron chi connectivity index (χ4n) is 1.94. The van der Waals surface area contributed by atoms with Crippen LogP contribution in [0, 0.1) is 0 Å². The van der Waals surface area contributed by atoms with Crippen molar-refractivity contribution in [3.05, 3.63) is 30.0 Å². The van der Waals surface area contributed by atoms with E-state index in [0.717, 1.165) is 18.7 Å². The highest BCUT2D eigenvalue weighted by Gasteiger charge is 2.07. The first-order chi connectivity index (χ1) is 8.36. The zero-order chi connectivity index (χ0) is 12.1. The van der Waals surface area contributed by atoms with Crippen LogP contribution in [0.25, 0.3) is 10.9 Å². The van der Waals surface area contributed by atoms with Crippen molar-refractivity contribution >= 4 is 22.5 Å². The Bertz CT molecular complexity index is 481. The van der Waals surface area contributed by atoms with Crippen molar-refractivity contribution in [2.75, 3.05) is 19.1 Å². The van der Waals surface area contributed by atoms with Crippen LogP contribution in [0.2, 0.25) is 0 Å². The van der Waals surface area contributed by atoms with Gasteiger partial charge in [-0.05, 0) is 12.5 Å². The van der Waals surface area contributed by atoms with Gasteiger partial charge in [-0.25, -0.2) is 0 Å². The predicted octanol–water partition coefficient (Wildman–Crippen LogP) is 2.85. The summed E-state index contributed by atoms with van der Waals surface area (Å²) in [6.45, 7) is 4.16. The molecule has 0 bridgehead atoms. The molecule has 0 amide bonds. The molecule has 17 heavy (non-hydrogen) atoms. The fraction of sp³-hybridized carbons (Fsp3) is 0.462. The average Bonchev–Trinajstić information content (AvgIpc) is 2.73. The van der Waals surface area contributed by atoms with Gasteiger partial charge in [-0.15, -0.1) is 11.6 Å². The highest BCUT2D eigenvalue weighted by Crippen LogP contribution is 2.18. The third-order valence-corrected chi connectivity index (χ3v) is 2.89. The van der Waals surface area contributed by atoms with E-state index >= 15 is 0 Å². The Labute approximate surface area is 106 Å². The number of para-hydroxylation sites is 1. The number of hydrogen-bond acceptors (Lipinski definition) is 2. The summed E-state index contributed by atoms with van der Waals surface area (Å²) in [5.74, 6) is 0.542. The van der Waals surface area contributed by atoms with E-state index in [2.05, 4.69) is 30.2 Å². The predicted molar refractivity (Wildman–Crippen MR) is 70.7 cm³/mol. The Morgan fingerprint density at radius 2 is 2.12 bits per heavy atom. The standard InChI is InChI=1S/C13H17ClN2O/c1-2-12-11-5-3-4-6-13(11)16(15-12)8-10-17-9-7-14/h3-6H,2,7-10H2,1H3. The normalized spacial score (nSPS) is 11.2. The minimum absolute atomic E-state index is 0.542. The van der Waals surface area contributed by atoms with E-state index in [1.165, 1.54) is 10.9 Å². The minimum atomic E-state index is 0.542. The maximum absolute atomic E-state index is 5.56. The van der Waals surface area contributed by atoms with Crippen LogP contribution in [0.4, 0.5) is 0 Å². The van der Waals surface area contributed by atoms with Gasteiger partial charge in [0.2, 0.25) is 0 Å². The number of alkyl halides is 1. The fourth-order valence-corrected chi connectivity index (χ4v) is 2.04. The van der Waals surface area contributed by atoms with Gasteiger partial charge in [0.25, 0.3) is 0 Å². The first-order valence-electron chi connectivity index (χ1n) is 5.95. The van der Waals surface area contributed by atoms with Crippen molar-refractivity contribution < 1.29 is 4.74 Å². The first-order valence-corrected chi connectivity index (χ1v) is 6.48. The second-order valence-corrected chi connectivity index (χ2v) is 4.22. The lowest BCUT2D eigenvalue weighted by Gasteiger charge is -2.03. The smallest absolute Gasteiger partial charge is 0.0700 e. The van der Waals surface area contributed by atoms with Gasteiger partial charge in [-0.1, -0.05) is 25.1 Å². The van der Waals surface area contributed by atoms with Crippen LogP contribution in [-0.4, -0.2) is 28.9 Å². The van der Waals surface area contributed by atoms with Crippen molar-refractivity contribution in [2.24, 2.45) is 0 Å². The first kappa shape index (κ1) is 12.4. The molecule has 2 aromatic rings. The van der Waals surface area contributed by atoms with E-state index in [1.54, 1.807) is 0 Å². The number of halogens is 1. The molecule has 4 heteroatoms. The van der Waals surface area contributed by atoms with Crippen molar-refractivity contribution in [1.82, 2.24) is 9.78 Å². The van der Waals surface area contributed by atoms with E-state index in [4.69, 9.17) is 16.3 Å². The van der Waals surface area contributed by atoms with E-state index in [1.807, 2.05) is 10.7 Å². The van der Waals surface area contributed by atoms with Crippen LogP contribution >= 0.6 is 11.6 Å². The highest BCUT2D eigenvalue weighted by atomic mass is 35.5. The molecule has 0 aliphatic carbocycles. The van der Waals surface area contributed by atoms with Crippen LogP contribution in [0.3, 0.4) is 0 Å². The van der Waals surface area contributed by atoms with Gasteiger partial charge in [0.1, 0.15) is 0 Å². The Hall–Kier alpha value is -1.06. The third kappa shape index (κ3) is 2.79. The van der Waals surface area contributed by atoms with Crippen molar-refractivity contribution in [3.63, 3.8) is 0 Å². The molecule has 0 N–H and O–H groups in total. The molecule has 0 aliphatic heterocycles. The molecular formula is C13H17ClN2O. The van der Waals surface area contributed by atoms with Gasteiger partial charge < -0.3 is 4.74 Å². The lowest BCUT2D eigenvalue weighted by molar-refractivity contribution is 0.139. The van der Waals surface area contributed by atoms with Gasteiger partial charge in [-0.3, -0.25) is 4.68 Å². The Kier molecular flexibility index (Phi) is 4.40. The van der Waals surface area contributed by atoms with Gasteiger partial charge in [0.15, 0.2) is 0 Å². The van der Waals surface area contributed by atoms with Crippen molar-refractivity contribution in [3.8, 4) is 0 Å². The molecular weight excluding hydrogens is 236 g/mol. The van der Waals surface area contributed by atoms with Gasteiger partial charge >= 0.3 is 0 Å². The summed E-state index contributed by atoms with van der Waals surface area (Å²) in [6, 6.07) is 8.32. The van der Waals surface area contributed by atoms with Crippen LogP contribution < -0.4 is 0 Å². The molecule has 3 nitrogen and oxygen atoms in total. The minimum Gasteiger partial charge on any atom is -0.378 e. The number of benzene rings is 1. The molecule has 0 saturated heterocycles. The SMILES string of the molecule is CCc1nn(CCOCCCl)c2ccccc12. The summed E-state index contributed by atoms with van der Waals surface area (Å²) < 4.78 is 7.40. The maximum atomic E-state index is 5.56. The number of hydrogen-bond donors (Lipinski definition) is 0. The topological polar surface area (TPSA) is 27.1 Å². The molecule has 1 aromatic carbocycles. The largest absolute Gasteiger partial charge is 0.378 e. The second kappa shape index (κ2) is 6.03. The molecule has 0 aliphatic rings. The molecule has 0 saturated carbocycles. The molecule has 0 spiro atoms. The number of ether oxygens (including phenoxy) is 1. The molecule has 1 heterocycles. The summed E-state index contributed by atoms with van der Waals surface area (Å²) >= 11 is 5.56. The summed E-state index contributed by atoms with van der Waals surface area (Å²) in [5, 5.41) is 5.85. The van der Waals surface area contributed by atoms with E-state index in [0.29, 0.717) is 19.1 Å². The molecule has 0 atom stereocenters. The Balaban J connectivity index is 2.16. The van der Waals surface area contributed by atoms with Crippen LogP contribution in [-0.2, 0) is 17.7 Å². The molecule has 1 aromatic heterocycles. The lowest BCUT2D eigenvalue weighted by atomic mass is 10.2. The Morgan fingerprint density at radius 1 is 1.29 bits per heavy atom. The number of rotatable bonds is 6. The van der Waals surface area contributed by atoms with Crippen molar-refractivity contribution in [2.45, 2.75) is 19.9 Å². The summed E-state index contributed by atoms with van der Waals surface area (Å²) in [4.78, 5) is 0. The molecule has 0 unspecified atom stereocenters. The lowest BCUT2D eigenvalue weighted by Crippen LogP contribution is -2.08. The van der Waals surface area contributed by atoms with E-state index in [9.17, 15) is 0 Å². The zero-order valence-corrected chi connectivity index (χ0v) is 10.8. The Morgan fingerprint density at radius 3 is 2.88 bits per heavy atom.